The maximum absolute atomic E-state index is 9.50. The van der Waals surface area contributed by atoms with E-state index in [1.807, 2.05) is 12.1 Å². The summed E-state index contributed by atoms with van der Waals surface area (Å²) in [5.41, 5.74) is 10.7. The zero-order valence-electron chi connectivity index (χ0n) is 27.5. The van der Waals surface area contributed by atoms with Crippen molar-refractivity contribution in [3.8, 4) is 11.8 Å². The van der Waals surface area contributed by atoms with Gasteiger partial charge in [-0.2, -0.15) is 5.26 Å². The second-order valence-electron chi connectivity index (χ2n) is 13.5. The van der Waals surface area contributed by atoms with Crippen LogP contribution in [0.3, 0.4) is 0 Å². The molecular formula is C47H33N3. The van der Waals surface area contributed by atoms with Crippen LogP contribution in [0.15, 0.2) is 152 Å². The molecule has 2 unspecified atom stereocenters. The number of aromatic nitrogens is 1. The molecule has 0 saturated carbocycles. The van der Waals surface area contributed by atoms with Crippen LogP contribution in [0.5, 0.6) is 0 Å². The van der Waals surface area contributed by atoms with Crippen molar-refractivity contribution in [1.29, 1.82) is 5.26 Å². The highest BCUT2D eigenvalue weighted by molar-refractivity contribution is 6.10. The predicted molar refractivity (Wildman–Crippen MR) is 208 cm³/mol. The third-order valence-electron chi connectivity index (χ3n) is 10.8. The van der Waals surface area contributed by atoms with Crippen molar-refractivity contribution in [3.63, 3.8) is 0 Å². The van der Waals surface area contributed by atoms with Crippen LogP contribution in [-0.2, 0) is 0 Å². The standard InChI is InChI=1S/C47H33N3/c48-30-31-15-22-37(23-16-31)49(35-9-3-1-4-10-35)44-27-20-33-18-25-40-38(24-17-32-19-26-41(44)47(33)46(32)40)34-21-28-45-42(29-34)39-13-7-8-14-43(39)50(45)36-11-5-2-6-12-36/h1-9,11-24,26-29,35,40H,10,25H2. The highest BCUT2D eigenvalue weighted by atomic mass is 15.2. The number of fused-ring (bicyclic) bond motifs is 3. The summed E-state index contributed by atoms with van der Waals surface area (Å²) in [6.45, 7) is 0. The zero-order chi connectivity index (χ0) is 33.2. The van der Waals surface area contributed by atoms with Crippen molar-refractivity contribution in [2.24, 2.45) is 0 Å². The van der Waals surface area contributed by atoms with Gasteiger partial charge in [-0.15, -0.1) is 0 Å². The van der Waals surface area contributed by atoms with Crippen LogP contribution < -0.4 is 15.3 Å². The summed E-state index contributed by atoms with van der Waals surface area (Å²) in [5.74, 6) is 0.266. The normalized spacial score (nSPS) is 17.3. The number of anilines is 2. The van der Waals surface area contributed by atoms with Crippen molar-refractivity contribution in [3.05, 3.63) is 179 Å². The number of rotatable bonds is 5. The maximum atomic E-state index is 9.50. The van der Waals surface area contributed by atoms with E-state index < -0.39 is 0 Å². The lowest BCUT2D eigenvalue weighted by Gasteiger charge is -2.35. The minimum absolute atomic E-state index is 0.174. The summed E-state index contributed by atoms with van der Waals surface area (Å²) >= 11 is 0. The van der Waals surface area contributed by atoms with Crippen molar-refractivity contribution in [2.45, 2.75) is 24.8 Å². The topological polar surface area (TPSA) is 32.0 Å². The first-order valence-electron chi connectivity index (χ1n) is 17.5. The Kier molecular flexibility index (Phi) is 6.51. The monoisotopic (exact) mass is 639 g/mol. The number of hydrogen-bond acceptors (Lipinski definition) is 2. The van der Waals surface area contributed by atoms with Crippen LogP contribution in [0.25, 0.3) is 56.0 Å². The fourth-order valence-corrected chi connectivity index (χ4v) is 8.61. The minimum Gasteiger partial charge on any atom is -0.334 e. The van der Waals surface area contributed by atoms with Gasteiger partial charge in [-0.1, -0.05) is 103 Å². The summed E-state index contributed by atoms with van der Waals surface area (Å²) in [6.07, 6.45) is 17.8. The quantitative estimate of drug-likeness (QED) is 0.188. The van der Waals surface area contributed by atoms with Gasteiger partial charge < -0.3 is 9.47 Å². The van der Waals surface area contributed by atoms with Gasteiger partial charge in [-0.05, 0) is 106 Å². The highest BCUT2D eigenvalue weighted by Crippen LogP contribution is 2.44. The molecule has 3 heteroatoms. The van der Waals surface area contributed by atoms with E-state index in [1.54, 1.807) is 0 Å². The van der Waals surface area contributed by atoms with Gasteiger partial charge in [-0.25, -0.2) is 0 Å². The first-order valence-corrected chi connectivity index (χ1v) is 17.5. The van der Waals surface area contributed by atoms with Crippen LogP contribution in [0.1, 0.15) is 35.4 Å². The van der Waals surface area contributed by atoms with Gasteiger partial charge in [0.1, 0.15) is 0 Å². The number of nitriles is 1. The Balaban J connectivity index is 1.13. The molecule has 0 N–H and O–H groups in total. The molecule has 3 nitrogen and oxygen atoms in total. The molecule has 236 valence electrons. The zero-order valence-corrected chi connectivity index (χ0v) is 27.5. The molecule has 0 amide bonds. The van der Waals surface area contributed by atoms with E-state index in [1.165, 1.54) is 71.1 Å². The van der Waals surface area contributed by atoms with E-state index in [-0.39, 0.29) is 12.0 Å². The van der Waals surface area contributed by atoms with E-state index >= 15 is 0 Å². The SMILES string of the molecule is N#Cc1ccc(N(c2ccc3c4c5c(ccc24)=CC=C(c2ccc4c(c2)c2ccccc2n4-c2ccccc2)C5CC=3)C2C=CC=CC2)cc1. The van der Waals surface area contributed by atoms with Crippen LogP contribution in [0, 0.1) is 11.3 Å². The van der Waals surface area contributed by atoms with Crippen LogP contribution >= 0.6 is 0 Å². The lowest BCUT2D eigenvalue weighted by atomic mass is 9.75. The summed E-state index contributed by atoms with van der Waals surface area (Å²) in [7, 11) is 0. The Labute approximate surface area is 290 Å². The average molecular weight is 640 g/mol. The lowest BCUT2D eigenvalue weighted by molar-refractivity contribution is 0.787. The van der Waals surface area contributed by atoms with Crippen molar-refractivity contribution < 1.29 is 0 Å². The van der Waals surface area contributed by atoms with Crippen LogP contribution in [-0.4, -0.2) is 10.6 Å². The number of benzene rings is 6. The largest absolute Gasteiger partial charge is 0.334 e. The second kappa shape index (κ2) is 11.4. The number of allylic oxidation sites excluding steroid dienone is 4. The van der Waals surface area contributed by atoms with Crippen molar-refractivity contribution in [1.82, 2.24) is 4.57 Å². The van der Waals surface area contributed by atoms with Crippen LogP contribution in [0.2, 0.25) is 0 Å². The Morgan fingerprint density at radius 3 is 2.34 bits per heavy atom. The Hall–Kier alpha value is -6.37. The average Bonchev–Trinajstić information content (AvgIpc) is 3.52. The van der Waals surface area contributed by atoms with Gasteiger partial charge in [-0.3, -0.25) is 0 Å². The van der Waals surface area contributed by atoms with Gasteiger partial charge in [0.15, 0.2) is 0 Å². The van der Waals surface area contributed by atoms with E-state index in [4.69, 9.17) is 0 Å². The number of para-hydroxylation sites is 2. The van der Waals surface area contributed by atoms with Gasteiger partial charge in [0.05, 0.1) is 28.7 Å². The first kappa shape index (κ1) is 28.6. The summed E-state index contributed by atoms with van der Waals surface area (Å²) in [5, 5.41) is 17.3. The maximum Gasteiger partial charge on any atom is 0.0991 e. The Morgan fingerprint density at radius 2 is 1.50 bits per heavy atom. The smallest absolute Gasteiger partial charge is 0.0991 e. The lowest BCUT2D eigenvalue weighted by Crippen LogP contribution is -2.31. The second-order valence-corrected chi connectivity index (χ2v) is 13.5. The molecule has 1 heterocycles. The highest BCUT2D eigenvalue weighted by Gasteiger charge is 2.29. The van der Waals surface area contributed by atoms with Gasteiger partial charge in [0.2, 0.25) is 0 Å². The molecule has 3 aliphatic rings. The third kappa shape index (κ3) is 4.35. The van der Waals surface area contributed by atoms with Gasteiger partial charge in [0.25, 0.3) is 0 Å². The van der Waals surface area contributed by atoms with Crippen molar-refractivity contribution in [2.75, 3.05) is 4.90 Å². The summed E-state index contributed by atoms with van der Waals surface area (Å²) in [6, 6.07) is 46.2. The Morgan fingerprint density at radius 1 is 0.680 bits per heavy atom. The molecule has 0 radical (unpaired) electrons. The van der Waals surface area contributed by atoms with E-state index in [0.717, 1.165) is 18.5 Å². The predicted octanol–water partition coefficient (Wildman–Crippen LogP) is 9.98. The molecule has 0 bridgehead atoms. The fourth-order valence-electron chi connectivity index (χ4n) is 8.61. The number of hydrogen-bond donors (Lipinski definition) is 0. The van der Waals surface area contributed by atoms with Crippen LogP contribution in [0.4, 0.5) is 11.4 Å². The molecule has 1 aromatic heterocycles. The summed E-state index contributed by atoms with van der Waals surface area (Å²) < 4.78 is 2.39. The first-order chi connectivity index (χ1) is 24.8. The Bertz CT molecular complexity index is 2770. The molecule has 2 atom stereocenters. The molecule has 3 aliphatic carbocycles. The molecule has 50 heavy (non-hydrogen) atoms. The van der Waals surface area contributed by atoms with E-state index in [2.05, 4.69) is 167 Å². The molecule has 0 spiro atoms. The fraction of sp³-hybridized carbons (Fsp3) is 0.0851. The molecule has 6 aromatic carbocycles. The van der Waals surface area contributed by atoms with E-state index in [0.29, 0.717) is 5.56 Å². The summed E-state index contributed by atoms with van der Waals surface area (Å²) in [4.78, 5) is 2.45. The minimum atomic E-state index is 0.174. The molecule has 0 aliphatic heterocycles. The molecule has 10 rings (SSSR count). The third-order valence-corrected chi connectivity index (χ3v) is 10.8. The van der Waals surface area contributed by atoms with Gasteiger partial charge >= 0.3 is 0 Å². The molecule has 0 fully saturated rings. The van der Waals surface area contributed by atoms with E-state index in [9.17, 15) is 5.26 Å². The number of nitrogens with zero attached hydrogens (tertiary/aromatic N) is 3. The van der Waals surface area contributed by atoms with Crippen molar-refractivity contribution >= 4 is 61.7 Å². The molecular weight excluding hydrogens is 607 g/mol. The molecule has 0 saturated heterocycles. The van der Waals surface area contributed by atoms with Gasteiger partial charge in [0, 0.05) is 39.1 Å². The molecule has 7 aromatic rings.